The summed E-state index contributed by atoms with van der Waals surface area (Å²) in [5.74, 6) is 0.265. The number of aromatic nitrogens is 4. The highest BCUT2D eigenvalue weighted by molar-refractivity contribution is 6.01. The van der Waals surface area contributed by atoms with Gasteiger partial charge in [-0.05, 0) is 25.1 Å². The molecule has 0 radical (unpaired) electrons. The number of nitrogens with one attached hydrogen (secondary N) is 1. The van der Waals surface area contributed by atoms with Crippen LogP contribution in [0.2, 0.25) is 0 Å². The fourth-order valence-corrected chi connectivity index (χ4v) is 2.58. The molecular weight excluding hydrogens is 314 g/mol. The minimum Gasteiger partial charge on any atom is -0.323 e. The molecule has 2 aromatic heterocycles. The number of carbonyl (C=O) groups is 1. The number of anilines is 1. The lowest BCUT2D eigenvalue weighted by Crippen LogP contribution is -2.07. The summed E-state index contributed by atoms with van der Waals surface area (Å²) in [4.78, 5) is 12.1. The van der Waals surface area contributed by atoms with E-state index in [1.54, 1.807) is 16.8 Å². The van der Waals surface area contributed by atoms with Crippen LogP contribution in [0.3, 0.4) is 0 Å². The zero-order chi connectivity index (χ0) is 17.2. The largest absolute Gasteiger partial charge is 0.323 e. The van der Waals surface area contributed by atoms with Crippen molar-refractivity contribution in [2.75, 3.05) is 5.32 Å². The first kappa shape index (κ1) is 15.0. The van der Waals surface area contributed by atoms with Crippen LogP contribution in [0.4, 0.5) is 5.69 Å². The van der Waals surface area contributed by atoms with E-state index in [0.717, 1.165) is 22.0 Å². The van der Waals surface area contributed by atoms with Crippen molar-refractivity contribution in [2.45, 2.75) is 6.92 Å². The van der Waals surface area contributed by atoms with E-state index in [9.17, 15) is 4.79 Å². The van der Waals surface area contributed by atoms with Gasteiger partial charge in [0.25, 0.3) is 0 Å². The molecule has 0 saturated heterocycles. The molecule has 1 amide bonds. The van der Waals surface area contributed by atoms with E-state index >= 15 is 0 Å². The molecule has 0 bridgehead atoms. The number of hydrogen-bond donors (Lipinski definition) is 1. The van der Waals surface area contributed by atoms with Crippen molar-refractivity contribution in [3.8, 4) is 0 Å². The van der Waals surface area contributed by atoms with Crippen LogP contribution >= 0.6 is 0 Å². The number of aryl methyl sites for hydroxylation is 1. The summed E-state index contributed by atoms with van der Waals surface area (Å²) < 4.78 is 1.62. The predicted molar refractivity (Wildman–Crippen MR) is 97.1 cm³/mol. The van der Waals surface area contributed by atoms with E-state index in [1.807, 2.05) is 55.5 Å². The van der Waals surface area contributed by atoms with Crippen molar-refractivity contribution in [2.24, 2.45) is 0 Å². The number of benzene rings is 2. The molecule has 0 fully saturated rings. The molecule has 0 unspecified atom stereocenters. The molecule has 0 aliphatic carbocycles. The van der Waals surface area contributed by atoms with Crippen molar-refractivity contribution >= 4 is 34.1 Å². The van der Waals surface area contributed by atoms with Crippen LogP contribution in [0, 0.1) is 6.92 Å². The smallest absolute Gasteiger partial charge is 0.248 e. The highest BCUT2D eigenvalue weighted by Crippen LogP contribution is 2.17. The molecule has 0 spiro atoms. The standard InChI is InChI=1S/C19H15N5O/c1-13-6-8-15(9-7-13)21-18(25)11-10-17-22-23-19-16-5-3-2-4-14(16)12-20-24(17)19/h2-12H,1H3,(H,21,25)/b11-10+. The first-order chi connectivity index (χ1) is 12.2. The molecule has 0 atom stereocenters. The maximum absolute atomic E-state index is 12.1. The normalized spacial score (nSPS) is 11.4. The van der Waals surface area contributed by atoms with Gasteiger partial charge in [-0.1, -0.05) is 42.0 Å². The van der Waals surface area contributed by atoms with E-state index in [1.165, 1.54) is 6.08 Å². The quantitative estimate of drug-likeness (QED) is 0.586. The van der Waals surface area contributed by atoms with Crippen LogP contribution in [-0.4, -0.2) is 25.7 Å². The van der Waals surface area contributed by atoms with Gasteiger partial charge in [-0.3, -0.25) is 4.79 Å². The average molecular weight is 329 g/mol. The van der Waals surface area contributed by atoms with Crippen molar-refractivity contribution in [1.82, 2.24) is 19.8 Å². The molecule has 0 aliphatic heterocycles. The molecule has 4 rings (SSSR count). The fraction of sp³-hybridized carbons (Fsp3) is 0.0526. The van der Waals surface area contributed by atoms with Gasteiger partial charge in [0, 0.05) is 22.5 Å². The van der Waals surface area contributed by atoms with E-state index in [-0.39, 0.29) is 5.91 Å². The van der Waals surface area contributed by atoms with E-state index in [4.69, 9.17) is 0 Å². The third kappa shape index (κ3) is 2.97. The van der Waals surface area contributed by atoms with Gasteiger partial charge in [0.1, 0.15) is 0 Å². The molecule has 122 valence electrons. The second-order valence-corrected chi connectivity index (χ2v) is 5.71. The van der Waals surface area contributed by atoms with Crippen LogP contribution in [0.5, 0.6) is 0 Å². The van der Waals surface area contributed by atoms with Crippen LogP contribution < -0.4 is 5.32 Å². The Morgan fingerprint density at radius 1 is 1.08 bits per heavy atom. The maximum atomic E-state index is 12.1. The SMILES string of the molecule is Cc1ccc(NC(=O)/C=C/c2nnc3c4ccccc4cnn23)cc1. The Hall–Kier alpha value is -3.54. The lowest BCUT2D eigenvalue weighted by atomic mass is 10.2. The molecule has 0 saturated carbocycles. The highest BCUT2D eigenvalue weighted by atomic mass is 16.1. The summed E-state index contributed by atoms with van der Waals surface area (Å²) in [6, 6.07) is 15.5. The molecule has 0 aliphatic rings. The van der Waals surface area contributed by atoms with Crippen LogP contribution in [-0.2, 0) is 4.79 Å². The Balaban J connectivity index is 1.59. The molecule has 25 heavy (non-hydrogen) atoms. The number of hydrogen-bond acceptors (Lipinski definition) is 4. The van der Waals surface area contributed by atoms with Gasteiger partial charge >= 0.3 is 0 Å². The number of rotatable bonds is 3. The second-order valence-electron chi connectivity index (χ2n) is 5.71. The topological polar surface area (TPSA) is 72.2 Å². The van der Waals surface area contributed by atoms with Gasteiger partial charge in [0.2, 0.25) is 5.91 Å². The van der Waals surface area contributed by atoms with Crippen LogP contribution in [0.1, 0.15) is 11.4 Å². The summed E-state index contributed by atoms with van der Waals surface area (Å²) in [7, 11) is 0. The van der Waals surface area contributed by atoms with Crippen molar-refractivity contribution in [3.63, 3.8) is 0 Å². The second kappa shape index (κ2) is 6.16. The Bertz CT molecular complexity index is 1100. The molecule has 6 nitrogen and oxygen atoms in total. The highest BCUT2D eigenvalue weighted by Gasteiger charge is 2.08. The zero-order valence-electron chi connectivity index (χ0n) is 13.5. The zero-order valence-corrected chi connectivity index (χ0v) is 13.5. The minimum absolute atomic E-state index is 0.235. The van der Waals surface area contributed by atoms with Gasteiger partial charge in [0.05, 0.1) is 6.20 Å². The lowest BCUT2D eigenvalue weighted by molar-refractivity contribution is -0.111. The van der Waals surface area contributed by atoms with E-state index in [0.29, 0.717) is 11.5 Å². The Morgan fingerprint density at radius 3 is 2.72 bits per heavy atom. The minimum atomic E-state index is -0.235. The number of amides is 1. The van der Waals surface area contributed by atoms with Crippen molar-refractivity contribution in [1.29, 1.82) is 0 Å². The summed E-state index contributed by atoms with van der Waals surface area (Å²) in [6.45, 7) is 2.00. The lowest BCUT2D eigenvalue weighted by Gasteiger charge is -2.02. The molecule has 2 heterocycles. The summed E-state index contributed by atoms with van der Waals surface area (Å²) in [5.41, 5.74) is 2.55. The number of fused-ring (bicyclic) bond motifs is 3. The van der Waals surface area contributed by atoms with Crippen molar-refractivity contribution < 1.29 is 4.79 Å². The number of nitrogens with zero attached hydrogens (tertiary/aromatic N) is 4. The summed E-state index contributed by atoms with van der Waals surface area (Å²) in [6.07, 6.45) is 4.79. The van der Waals surface area contributed by atoms with E-state index in [2.05, 4.69) is 20.6 Å². The number of carbonyl (C=O) groups excluding carboxylic acids is 1. The predicted octanol–water partition coefficient (Wildman–Crippen LogP) is 3.24. The maximum Gasteiger partial charge on any atom is 0.248 e. The molecule has 4 aromatic rings. The van der Waals surface area contributed by atoms with Gasteiger partial charge in [-0.15, -0.1) is 10.2 Å². The van der Waals surface area contributed by atoms with Crippen molar-refractivity contribution in [3.05, 3.63) is 72.2 Å². The van der Waals surface area contributed by atoms with Crippen LogP contribution in [0.25, 0.3) is 22.5 Å². The Labute approximate surface area is 143 Å². The Kier molecular flexibility index (Phi) is 3.70. The van der Waals surface area contributed by atoms with Crippen LogP contribution in [0.15, 0.2) is 60.8 Å². The summed E-state index contributed by atoms with van der Waals surface area (Å²) >= 11 is 0. The Morgan fingerprint density at radius 2 is 1.88 bits per heavy atom. The fourth-order valence-electron chi connectivity index (χ4n) is 2.58. The first-order valence-corrected chi connectivity index (χ1v) is 7.85. The van der Waals surface area contributed by atoms with Gasteiger partial charge in [-0.2, -0.15) is 9.61 Å². The molecule has 6 heteroatoms. The molecule has 1 N–H and O–H groups in total. The van der Waals surface area contributed by atoms with Gasteiger partial charge in [0.15, 0.2) is 11.5 Å². The monoisotopic (exact) mass is 329 g/mol. The third-order valence-corrected chi connectivity index (χ3v) is 3.88. The first-order valence-electron chi connectivity index (χ1n) is 7.85. The van der Waals surface area contributed by atoms with Gasteiger partial charge < -0.3 is 5.32 Å². The third-order valence-electron chi connectivity index (χ3n) is 3.88. The molecular formula is C19H15N5O. The van der Waals surface area contributed by atoms with E-state index < -0.39 is 0 Å². The summed E-state index contributed by atoms with van der Waals surface area (Å²) in [5, 5.41) is 17.4. The average Bonchev–Trinajstić information content (AvgIpc) is 3.05. The van der Waals surface area contributed by atoms with Gasteiger partial charge in [-0.25, -0.2) is 0 Å². The molecule has 2 aromatic carbocycles.